The van der Waals surface area contributed by atoms with Gasteiger partial charge in [0.1, 0.15) is 0 Å². The Bertz CT molecular complexity index is 295. The molecule has 17 heavy (non-hydrogen) atoms. The molecule has 1 rings (SSSR count). The molecule has 3 nitrogen and oxygen atoms in total. The molecule has 4 heteroatoms. The predicted octanol–water partition coefficient (Wildman–Crippen LogP) is 2.37. The van der Waals surface area contributed by atoms with Crippen LogP contribution in [0.4, 0.5) is 0 Å². The van der Waals surface area contributed by atoms with Crippen molar-refractivity contribution in [2.45, 2.75) is 58.4 Å². The van der Waals surface area contributed by atoms with Crippen molar-refractivity contribution >= 4 is 9.84 Å². The molecule has 0 bridgehead atoms. The fraction of sp³-hybridized carbons (Fsp3) is 1.00. The zero-order chi connectivity index (χ0) is 12.7. The van der Waals surface area contributed by atoms with Gasteiger partial charge in [-0.1, -0.05) is 33.1 Å². The summed E-state index contributed by atoms with van der Waals surface area (Å²) >= 11 is 0. The molecule has 0 aromatic rings. The maximum atomic E-state index is 12.0. The Morgan fingerprint density at radius 2 is 1.88 bits per heavy atom. The summed E-state index contributed by atoms with van der Waals surface area (Å²) in [5.74, 6) is 1.27. The van der Waals surface area contributed by atoms with Gasteiger partial charge < -0.3 is 5.32 Å². The summed E-state index contributed by atoms with van der Waals surface area (Å²) in [6, 6.07) is 0.185. The van der Waals surface area contributed by atoms with E-state index in [1.165, 1.54) is 25.7 Å². The highest BCUT2D eigenvalue weighted by Gasteiger charge is 2.28. The number of unbranched alkanes of at least 4 members (excludes halogenated alkanes) is 1. The van der Waals surface area contributed by atoms with E-state index in [9.17, 15) is 8.42 Å². The van der Waals surface area contributed by atoms with Gasteiger partial charge in [-0.15, -0.1) is 0 Å². The summed E-state index contributed by atoms with van der Waals surface area (Å²) in [6.07, 6.45) is 6.67. The molecular formula is C13H27NO2S. The van der Waals surface area contributed by atoms with E-state index < -0.39 is 9.84 Å². The number of rotatable bonds is 8. The molecule has 102 valence electrons. The summed E-state index contributed by atoms with van der Waals surface area (Å²) in [7, 11) is -2.87. The second-order valence-electron chi connectivity index (χ2n) is 5.18. The monoisotopic (exact) mass is 261 g/mol. The number of hydrogen-bond acceptors (Lipinski definition) is 3. The van der Waals surface area contributed by atoms with Gasteiger partial charge in [-0.05, 0) is 31.7 Å². The Hall–Kier alpha value is -0.0900. The van der Waals surface area contributed by atoms with Crippen molar-refractivity contribution in [1.82, 2.24) is 5.32 Å². The molecule has 0 spiro atoms. The van der Waals surface area contributed by atoms with Gasteiger partial charge >= 0.3 is 0 Å². The number of sulfone groups is 1. The minimum atomic E-state index is -2.87. The smallest absolute Gasteiger partial charge is 0.151 e. The first-order valence-corrected chi connectivity index (χ1v) is 8.85. The van der Waals surface area contributed by atoms with Gasteiger partial charge in [0.25, 0.3) is 0 Å². The molecule has 0 heterocycles. The molecule has 0 aromatic heterocycles. The lowest BCUT2D eigenvalue weighted by Gasteiger charge is -2.24. The van der Waals surface area contributed by atoms with E-state index in [1.54, 1.807) is 0 Å². The van der Waals surface area contributed by atoms with Gasteiger partial charge in [-0.2, -0.15) is 0 Å². The average Bonchev–Trinajstić information content (AvgIpc) is 2.79. The van der Waals surface area contributed by atoms with E-state index in [4.69, 9.17) is 0 Å². The molecule has 1 aliphatic carbocycles. The molecule has 1 saturated carbocycles. The van der Waals surface area contributed by atoms with Crippen molar-refractivity contribution in [2.75, 3.05) is 18.1 Å². The van der Waals surface area contributed by atoms with Crippen LogP contribution in [0.25, 0.3) is 0 Å². The van der Waals surface area contributed by atoms with Gasteiger partial charge in [0.2, 0.25) is 0 Å². The van der Waals surface area contributed by atoms with Crippen molar-refractivity contribution in [2.24, 2.45) is 5.92 Å². The minimum absolute atomic E-state index is 0.185. The summed E-state index contributed by atoms with van der Waals surface area (Å²) in [5.41, 5.74) is 0. The molecule has 1 N–H and O–H groups in total. The molecule has 0 amide bonds. The topological polar surface area (TPSA) is 46.2 Å². The van der Waals surface area contributed by atoms with E-state index >= 15 is 0 Å². The van der Waals surface area contributed by atoms with Crippen molar-refractivity contribution in [1.29, 1.82) is 0 Å². The second-order valence-corrected chi connectivity index (χ2v) is 7.41. The van der Waals surface area contributed by atoms with Crippen LogP contribution in [0.5, 0.6) is 0 Å². The van der Waals surface area contributed by atoms with Gasteiger partial charge in [-0.3, -0.25) is 0 Å². The Balaban J connectivity index is 2.52. The van der Waals surface area contributed by atoms with Crippen LogP contribution in [-0.2, 0) is 9.84 Å². The second kappa shape index (κ2) is 7.37. The van der Waals surface area contributed by atoms with Crippen LogP contribution in [0.1, 0.15) is 52.4 Å². The minimum Gasteiger partial charge on any atom is -0.313 e. The summed E-state index contributed by atoms with van der Waals surface area (Å²) < 4.78 is 24.0. The predicted molar refractivity (Wildman–Crippen MR) is 73.0 cm³/mol. The van der Waals surface area contributed by atoms with E-state index in [2.05, 4.69) is 12.2 Å². The van der Waals surface area contributed by atoms with Gasteiger partial charge in [-0.25, -0.2) is 8.42 Å². The normalized spacial score (nSPS) is 19.6. The van der Waals surface area contributed by atoms with Gasteiger partial charge in [0.15, 0.2) is 9.84 Å². The molecule has 1 unspecified atom stereocenters. The first-order chi connectivity index (χ1) is 8.09. The van der Waals surface area contributed by atoms with Crippen molar-refractivity contribution < 1.29 is 8.42 Å². The van der Waals surface area contributed by atoms with E-state index in [0.717, 1.165) is 19.4 Å². The van der Waals surface area contributed by atoms with Gasteiger partial charge in [0.05, 0.1) is 11.5 Å². The maximum absolute atomic E-state index is 12.0. The lowest BCUT2D eigenvalue weighted by atomic mass is 10.00. The van der Waals surface area contributed by atoms with Crippen LogP contribution in [-0.4, -0.2) is 32.5 Å². The molecule has 0 aliphatic heterocycles. The third kappa shape index (κ3) is 5.38. The maximum Gasteiger partial charge on any atom is 0.151 e. The lowest BCUT2D eigenvalue weighted by molar-refractivity contribution is 0.388. The fourth-order valence-corrected chi connectivity index (χ4v) is 4.54. The highest BCUT2D eigenvalue weighted by Crippen LogP contribution is 2.28. The number of nitrogens with one attached hydrogen (secondary N) is 1. The van der Waals surface area contributed by atoms with Crippen LogP contribution in [0.15, 0.2) is 0 Å². The molecule has 0 saturated heterocycles. The first kappa shape index (κ1) is 15.0. The third-order valence-electron chi connectivity index (χ3n) is 3.68. The van der Waals surface area contributed by atoms with Gasteiger partial charge in [0, 0.05) is 6.04 Å². The highest BCUT2D eigenvalue weighted by atomic mass is 32.2. The number of hydrogen-bond donors (Lipinski definition) is 1. The molecule has 1 aliphatic rings. The lowest BCUT2D eigenvalue weighted by Crippen LogP contribution is -2.41. The van der Waals surface area contributed by atoms with Crippen molar-refractivity contribution in [3.63, 3.8) is 0 Å². The Kier molecular flexibility index (Phi) is 6.49. The highest BCUT2D eigenvalue weighted by molar-refractivity contribution is 7.91. The van der Waals surface area contributed by atoms with E-state index in [0.29, 0.717) is 17.4 Å². The largest absolute Gasteiger partial charge is 0.313 e. The zero-order valence-corrected chi connectivity index (χ0v) is 12.1. The summed E-state index contributed by atoms with van der Waals surface area (Å²) in [6.45, 7) is 4.96. The first-order valence-electron chi connectivity index (χ1n) is 7.03. The van der Waals surface area contributed by atoms with Crippen LogP contribution < -0.4 is 5.32 Å². The Labute approximate surface area is 106 Å². The molecule has 1 fully saturated rings. The molecular weight excluding hydrogens is 234 g/mol. The summed E-state index contributed by atoms with van der Waals surface area (Å²) in [5, 5.41) is 3.38. The SMILES string of the molecule is CCCCS(=O)(=O)CC(NCC)C1CCCC1. The van der Waals surface area contributed by atoms with Crippen molar-refractivity contribution in [3.8, 4) is 0 Å². The zero-order valence-electron chi connectivity index (χ0n) is 11.2. The quantitative estimate of drug-likeness (QED) is 0.729. The molecule has 0 radical (unpaired) electrons. The van der Waals surface area contributed by atoms with Crippen LogP contribution in [0, 0.1) is 5.92 Å². The Morgan fingerprint density at radius 1 is 1.24 bits per heavy atom. The fourth-order valence-electron chi connectivity index (χ4n) is 2.70. The van der Waals surface area contributed by atoms with E-state index in [-0.39, 0.29) is 6.04 Å². The average molecular weight is 261 g/mol. The molecule has 1 atom stereocenters. The standard InChI is InChI=1S/C13H27NO2S/c1-3-5-10-17(15,16)11-13(14-4-2)12-8-6-7-9-12/h12-14H,3-11H2,1-2H3. The summed E-state index contributed by atoms with van der Waals surface area (Å²) in [4.78, 5) is 0. The van der Waals surface area contributed by atoms with Crippen molar-refractivity contribution in [3.05, 3.63) is 0 Å². The van der Waals surface area contributed by atoms with Crippen LogP contribution in [0.2, 0.25) is 0 Å². The van der Waals surface area contributed by atoms with Crippen LogP contribution >= 0.6 is 0 Å². The molecule has 0 aromatic carbocycles. The Morgan fingerprint density at radius 3 is 2.41 bits per heavy atom. The third-order valence-corrected chi connectivity index (χ3v) is 5.46. The van der Waals surface area contributed by atoms with Crippen LogP contribution in [0.3, 0.4) is 0 Å². The van der Waals surface area contributed by atoms with E-state index in [1.807, 2.05) is 6.92 Å².